The Morgan fingerprint density at radius 3 is 2.95 bits per heavy atom. The van der Waals surface area contributed by atoms with E-state index in [4.69, 9.17) is 5.73 Å². The summed E-state index contributed by atoms with van der Waals surface area (Å²) in [7, 11) is 2.19. The van der Waals surface area contributed by atoms with E-state index in [2.05, 4.69) is 32.5 Å². The molecule has 5 nitrogen and oxygen atoms in total. The minimum absolute atomic E-state index is 0.539. The monoisotopic (exact) mass is 281 g/mol. The predicted molar refractivity (Wildman–Crippen MR) is 85.1 cm³/mol. The van der Waals surface area contributed by atoms with Gasteiger partial charge in [-0.2, -0.15) is 0 Å². The first-order valence-corrected chi connectivity index (χ1v) is 7.44. The number of nitrogens with zero attached hydrogens (tertiary/aromatic N) is 4. The number of hydrogen-bond acceptors (Lipinski definition) is 4. The van der Waals surface area contributed by atoms with Crippen molar-refractivity contribution < 1.29 is 0 Å². The van der Waals surface area contributed by atoms with Crippen molar-refractivity contribution in [1.29, 1.82) is 0 Å². The van der Waals surface area contributed by atoms with Crippen LogP contribution < -0.4 is 5.73 Å². The number of fused-ring (bicyclic) bond motifs is 3. The summed E-state index contributed by atoms with van der Waals surface area (Å²) < 4.78 is 2.16. The van der Waals surface area contributed by atoms with Crippen LogP contribution in [0.25, 0.3) is 21.9 Å². The Balaban J connectivity index is 1.90. The van der Waals surface area contributed by atoms with Gasteiger partial charge in [0, 0.05) is 18.0 Å². The fourth-order valence-electron chi connectivity index (χ4n) is 3.39. The third-order valence-electron chi connectivity index (χ3n) is 4.57. The first kappa shape index (κ1) is 12.6. The molecule has 3 aromatic rings. The number of anilines is 1. The van der Waals surface area contributed by atoms with Gasteiger partial charge < -0.3 is 15.2 Å². The van der Waals surface area contributed by atoms with E-state index in [1.54, 1.807) is 0 Å². The van der Waals surface area contributed by atoms with E-state index in [-0.39, 0.29) is 0 Å². The van der Waals surface area contributed by atoms with E-state index in [1.807, 2.05) is 24.4 Å². The van der Waals surface area contributed by atoms with Crippen molar-refractivity contribution in [1.82, 2.24) is 19.4 Å². The Kier molecular flexibility index (Phi) is 2.82. The number of nitrogens with two attached hydrogens (primary N) is 1. The zero-order valence-electron chi connectivity index (χ0n) is 12.2. The number of rotatable bonds is 2. The van der Waals surface area contributed by atoms with Crippen molar-refractivity contribution in [3.8, 4) is 0 Å². The van der Waals surface area contributed by atoms with E-state index in [1.165, 1.54) is 19.4 Å². The molecule has 108 valence electrons. The fraction of sp³-hybridized carbons (Fsp3) is 0.375. The molecular weight excluding hydrogens is 262 g/mol. The quantitative estimate of drug-likeness (QED) is 0.782. The third-order valence-corrected chi connectivity index (χ3v) is 4.57. The van der Waals surface area contributed by atoms with Crippen LogP contribution in [0.2, 0.25) is 0 Å². The predicted octanol–water partition coefficient (Wildman–Crippen LogP) is 2.26. The van der Waals surface area contributed by atoms with Crippen LogP contribution in [0.1, 0.15) is 12.8 Å². The summed E-state index contributed by atoms with van der Waals surface area (Å²) in [5.74, 6) is 0.587. The SMILES string of the molecule is CN1CCCC1Cn1c(N)nc2cnc3ccccc3c21. The molecule has 1 atom stereocenters. The second-order valence-corrected chi connectivity index (χ2v) is 5.87. The summed E-state index contributed by atoms with van der Waals surface area (Å²) in [5.41, 5.74) is 9.16. The van der Waals surface area contributed by atoms with E-state index in [0.717, 1.165) is 28.5 Å². The maximum atomic E-state index is 6.17. The first-order chi connectivity index (χ1) is 10.2. The van der Waals surface area contributed by atoms with Gasteiger partial charge in [-0.05, 0) is 32.5 Å². The molecule has 1 fully saturated rings. The average Bonchev–Trinajstić information content (AvgIpc) is 3.04. The van der Waals surface area contributed by atoms with Crippen molar-refractivity contribution in [2.45, 2.75) is 25.4 Å². The van der Waals surface area contributed by atoms with E-state index >= 15 is 0 Å². The number of benzene rings is 1. The molecule has 0 amide bonds. The number of likely N-dealkylation sites (N-methyl/N-ethyl adjacent to an activating group) is 1. The molecule has 0 saturated carbocycles. The molecule has 1 aliphatic rings. The number of imidazole rings is 1. The van der Waals surface area contributed by atoms with Crippen molar-refractivity contribution in [3.05, 3.63) is 30.5 Å². The van der Waals surface area contributed by atoms with Gasteiger partial charge in [-0.1, -0.05) is 18.2 Å². The molecular formula is C16H19N5. The molecule has 2 N–H and O–H groups in total. The van der Waals surface area contributed by atoms with Crippen molar-refractivity contribution in [2.24, 2.45) is 0 Å². The molecule has 5 heteroatoms. The van der Waals surface area contributed by atoms with Gasteiger partial charge in [0.05, 0.1) is 17.2 Å². The van der Waals surface area contributed by atoms with Gasteiger partial charge in [-0.15, -0.1) is 0 Å². The van der Waals surface area contributed by atoms with Gasteiger partial charge >= 0.3 is 0 Å². The van der Waals surface area contributed by atoms with Gasteiger partial charge in [0.2, 0.25) is 5.95 Å². The molecule has 2 aromatic heterocycles. The Morgan fingerprint density at radius 1 is 1.29 bits per heavy atom. The third kappa shape index (κ3) is 1.96. The molecule has 21 heavy (non-hydrogen) atoms. The van der Waals surface area contributed by atoms with E-state index in [0.29, 0.717) is 12.0 Å². The van der Waals surface area contributed by atoms with Crippen LogP contribution in [-0.2, 0) is 6.54 Å². The van der Waals surface area contributed by atoms with Crippen LogP contribution >= 0.6 is 0 Å². The van der Waals surface area contributed by atoms with Gasteiger partial charge in [-0.25, -0.2) is 4.98 Å². The fourth-order valence-corrected chi connectivity index (χ4v) is 3.39. The summed E-state index contributed by atoms with van der Waals surface area (Å²) in [6, 6.07) is 8.72. The number of aromatic nitrogens is 3. The van der Waals surface area contributed by atoms with Crippen LogP contribution in [0.3, 0.4) is 0 Å². The summed E-state index contributed by atoms with van der Waals surface area (Å²) in [6.07, 6.45) is 4.30. The Morgan fingerprint density at radius 2 is 2.14 bits per heavy atom. The second-order valence-electron chi connectivity index (χ2n) is 5.87. The van der Waals surface area contributed by atoms with Gasteiger partial charge in [0.15, 0.2) is 0 Å². The number of pyridine rings is 1. The van der Waals surface area contributed by atoms with Crippen LogP contribution in [0, 0.1) is 0 Å². The largest absolute Gasteiger partial charge is 0.369 e. The average molecular weight is 281 g/mol. The highest BCUT2D eigenvalue weighted by Crippen LogP contribution is 2.27. The summed E-state index contributed by atoms with van der Waals surface area (Å²) in [4.78, 5) is 11.4. The highest BCUT2D eigenvalue weighted by molar-refractivity contribution is 6.02. The molecule has 0 radical (unpaired) electrons. The minimum Gasteiger partial charge on any atom is -0.369 e. The lowest BCUT2D eigenvalue weighted by Gasteiger charge is -2.21. The molecule has 1 saturated heterocycles. The zero-order valence-corrected chi connectivity index (χ0v) is 12.2. The highest BCUT2D eigenvalue weighted by Gasteiger charge is 2.23. The van der Waals surface area contributed by atoms with Crippen molar-refractivity contribution >= 4 is 27.9 Å². The van der Waals surface area contributed by atoms with Crippen LogP contribution in [0.5, 0.6) is 0 Å². The molecule has 3 heterocycles. The summed E-state index contributed by atoms with van der Waals surface area (Å²) in [5, 5.41) is 1.12. The minimum atomic E-state index is 0.539. The lowest BCUT2D eigenvalue weighted by Crippen LogP contribution is -2.29. The molecule has 1 aliphatic heterocycles. The summed E-state index contributed by atoms with van der Waals surface area (Å²) in [6.45, 7) is 2.06. The number of nitrogen functional groups attached to an aromatic ring is 1. The lowest BCUT2D eigenvalue weighted by atomic mass is 10.2. The Labute approximate surface area is 123 Å². The highest BCUT2D eigenvalue weighted by atomic mass is 15.2. The van der Waals surface area contributed by atoms with Crippen LogP contribution in [0.15, 0.2) is 30.5 Å². The molecule has 0 aliphatic carbocycles. The Hall–Kier alpha value is -2.14. The lowest BCUT2D eigenvalue weighted by molar-refractivity contribution is 0.285. The van der Waals surface area contributed by atoms with Crippen molar-refractivity contribution in [3.63, 3.8) is 0 Å². The van der Waals surface area contributed by atoms with Gasteiger partial charge in [-0.3, -0.25) is 4.98 Å². The van der Waals surface area contributed by atoms with Crippen LogP contribution in [0.4, 0.5) is 5.95 Å². The number of hydrogen-bond donors (Lipinski definition) is 1. The first-order valence-electron chi connectivity index (χ1n) is 7.44. The molecule has 1 aromatic carbocycles. The normalized spacial score (nSPS) is 19.8. The molecule has 1 unspecified atom stereocenters. The maximum Gasteiger partial charge on any atom is 0.201 e. The Bertz CT molecular complexity index is 807. The smallest absolute Gasteiger partial charge is 0.201 e. The van der Waals surface area contributed by atoms with Crippen molar-refractivity contribution in [2.75, 3.05) is 19.3 Å². The second kappa shape index (κ2) is 4.70. The number of likely N-dealkylation sites (tertiary alicyclic amines) is 1. The van der Waals surface area contributed by atoms with E-state index < -0.39 is 0 Å². The number of para-hydroxylation sites is 1. The summed E-state index contributed by atoms with van der Waals surface area (Å²) >= 11 is 0. The van der Waals surface area contributed by atoms with E-state index in [9.17, 15) is 0 Å². The topological polar surface area (TPSA) is 60.0 Å². The van der Waals surface area contributed by atoms with Gasteiger partial charge in [0.1, 0.15) is 5.52 Å². The standard InChI is InChI=1S/C16H19N5/c1-20-8-4-5-11(20)10-21-15-12-6-2-3-7-13(12)18-9-14(15)19-16(21)17/h2-3,6-7,9,11H,4-5,8,10H2,1H3,(H2,17,19). The van der Waals surface area contributed by atoms with Crippen LogP contribution in [-0.4, -0.2) is 39.1 Å². The molecule has 4 rings (SSSR count). The molecule has 0 bridgehead atoms. The maximum absolute atomic E-state index is 6.17. The zero-order chi connectivity index (χ0) is 14.4. The van der Waals surface area contributed by atoms with Gasteiger partial charge in [0.25, 0.3) is 0 Å². The molecule has 0 spiro atoms.